The molecule has 192 valence electrons. The first-order valence-corrected chi connectivity index (χ1v) is 11.5. The summed E-state index contributed by atoms with van der Waals surface area (Å²) in [6.07, 6.45) is -7.75. The van der Waals surface area contributed by atoms with Crippen molar-refractivity contribution in [1.29, 1.82) is 0 Å². The van der Waals surface area contributed by atoms with Gasteiger partial charge >= 0.3 is 17.9 Å². The summed E-state index contributed by atoms with van der Waals surface area (Å²) in [5.41, 5.74) is 0.661. The number of alkyl halides is 1. The van der Waals surface area contributed by atoms with Gasteiger partial charge in [-0.2, -0.15) is 0 Å². The monoisotopic (exact) mass is 508 g/mol. The van der Waals surface area contributed by atoms with Gasteiger partial charge in [-0.3, -0.25) is 0 Å². The Balaban J connectivity index is 1.55. The summed E-state index contributed by atoms with van der Waals surface area (Å²) in [5.74, 6) is -2.29. The summed E-state index contributed by atoms with van der Waals surface area (Å²) in [7, 11) is 1.27. The molecule has 0 amide bonds. The average Bonchev–Trinajstić information content (AvgIpc) is 2.95. The molecule has 3 aromatic carbocycles. The lowest BCUT2D eigenvalue weighted by Crippen LogP contribution is -2.60. The van der Waals surface area contributed by atoms with Gasteiger partial charge in [0.2, 0.25) is 0 Å². The normalized spacial score (nSPS) is 23.0. The molecule has 1 fully saturated rings. The summed E-state index contributed by atoms with van der Waals surface area (Å²) < 4.78 is 43.1. The predicted molar refractivity (Wildman–Crippen MR) is 129 cm³/mol. The summed E-state index contributed by atoms with van der Waals surface area (Å²) >= 11 is 0. The average molecular weight is 508 g/mol. The molecule has 0 aromatic heterocycles. The molecular formula is C28H25FO8. The number of methoxy groups -OCH3 is 1. The molecule has 1 heterocycles. The van der Waals surface area contributed by atoms with Crippen molar-refractivity contribution in [3.63, 3.8) is 0 Å². The standard InChI is InChI=1S/C28H25FO8/c1-33-28-24(37-27(32)20-15-9-4-10-16-20)23(36-26(31)19-13-7-3-8-14-19)22(29)21(35-28)17-34-25(30)18-11-5-2-6-12-18/h2-16,21-24,28H,17H2,1H3/t21?,22-,23+,24-,28+/m1/s1. The van der Waals surface area contributed by atoms with Crippen LogP contribution >= 0.6 is 0 Å². The molecule has 0 bridgehead atoms. The Labute approximate surface area is 212 Å². The molecule has 5 atom stereocenters. The zero-order valence-electron chi connectivity index (χ0n) is 19.9. The van der Waals surface area contributed by atoms with Gasteiger partial charge < -0.3 is 23.7 Å². The number of rotatable bonds is 8. The van der Waals surface area contributed by atoms with E-state index in [0.29, 0.717) is 0 Å². The third-order valence-electron chi connectivity index (χ3n) is 5.70. The van der Waals surface area contributed by atoms with E-state index in [4.69, 9.17) is 23.7 Å². The van der Waals surface area contributed by atoms with Gasteiger partial charge in [0, 0.05) is 7.11 Å². The third kappa shape index (κ3) is 6.38. The Morgan fingerprint density at radius 3 is 1.59 bits per heavy atom. The highest BCUT2D eigenvalue weighted by atomic mass is 19.1. The van der Waals surface area contributed by atoms with E-state index in [1.54, 1.807) is 66.7 Å². The van der Waals surface area contributed by atoms with Crippen LogP contribution in [0.5, 0.6) is 0 Å². The molecular weight excluding hydrogens is 483 g/mol. The van der Waals surface area contributed by atoms with Crippen molar-refractivity contribution >= 4 is 17.9 Å². The quantitative estimate of drug-likeness (QED) is 0.333. The van der Waals surface area contributed by atoms with Crippen LogP contribution in [0, 0.1) is 0 Å². The summed E-state index contributed by atoms with van der Waals surface area (Å²) in [4.78, 5) is 38.0. The Hall–Kier alpha value is -4.08. The van der Waals surface area contributed by atoms with E-state index >= 15 is 4.39 Å². The number of benzene rings is 3. The maximum absolute atomic E-state index is 15.8. The second-order valence-corrected chi connectivity index (χ2v) is 8.16. The fourth-order valence-corrected chi connectivity index (χ4v) is 3.80. The van der Waals surface area contributed by atoms with Crippen molar-refractivity contribution < 1.29 is 42.5 Å². The molecule has 0 N–H and O–H groups in total. The van der Waals surface area contributed by atoms with Gasteiger partial charge in [-0.05, 0) is 36.4 Å². The number of hydrogen-bond donors (Lipinski definition) is 0. The zero-order chi connectivity index (χ0) is 26.2. The maximum atomic E-state index is 15.8. The van der Waals surface area contributed by atoms with Crippen LogP contribution in [0.25, 0.3) is 0 Å². The predicted octanol–water partition coefficient (Wildman–Crippen LogP) is 4.00. The van der Waals surface area contributed by atoms with Crippen molar-refractivity contribution in [3.8, 4) is 0 Å². The van der Waals surface area contributed by atoms with E-state index in [1.807, 2.05) is 0 Å². The van der Waals surface area contributed by atoms with Crippen LogP contribution in [0.15, 0.2) is 91.0 Å². The molecule has 1 aliphatic rings. The first-order valence-electron chi connectivity index (χ1n) is 11.5. The van der Waals surface area contributed by atoms with Crippen molar-refractivity contribution in [2.75, 3.05) is 13.7 Å². The Morgan fingerprint density at radius 2 is 1.14 bits per heavy atom. The van der Waals surface area contributed by atoms with Gasteiger partial charge in [-0.15, -0.1) is 0 Å². The van der Waals surface area contributed by atoms with Crippen LogP contribution in [-0.4, -0.2) is 62.4 Å². The van der Waals surface area contributed by atoms with Crippen molar-refractivity contribution in [2.45, 2.75) is 30.8 Å². The third-order valence-corrected chi connectivity index (χ3v) is 5.70. The van der Waals surface area contributed by atoms with Crippen LogP contribution in [0.1, 0.15) is 31.1 Å². The number of esters is 3. The van der Waals surface area contributed by atoms with Gasteiger partial charge in [-0.1, -0.05) is 54.6 Å². The first-order chi connectivity index (χ1) is 18.0. The first kappa shape index (κ1) is 26.0. The molecule has 1 aliphatic heterocycles. The second kappa shape index (κ2) is 12.2. The van der Waals surface area contributed by atoms with Crippen LogP contribution < -0.4 is 0 Å². The van der Waals surface area contributed by atoms with Crippen molar-refractivity contribution in [3.05, 3.63) is 108 Å². The fourth-order valence-electron chi connectivity index (χ4n) is 3.80. The lowest BCUT2D eigenvalue weighted by molar-refractivity contribution is -0.282. The molecule has 4 rings (SSSR count). The van der Waals surface area contributed by atoms with Crippen LogP contribution in [0.3, 0.4) is 0 Å². The van der Waals surface area contributed by atoms with Gasteiger partial charge in [0.05, 0.1) is 16.7 Å². The van der Waals surface area contributed by atoms with E-state index in [1.165, 1.54) is 31.4 Å². The highest BCUT2D eigenvalue weighted by Gasteiger charge is 2.51. The van der Waals surface area contributed by atoms with Gasteiger partial charge in [0.25, 0.3) is 0 Å². The Bertz CT molecular complexity index is 1190. The topological polar surface area (TPSA) is 97.4 Å². The van der Waals surface area contributed by atoms with Crippen molar-refractivity contribution in [1.82, 2.24) is 0 Å². The lowest BCUT2D eigenvalue weighted by atomic mass is 9.99. The van der Waals surface area contributed by atoms with Crippen LogP contribution in [0.2, 0.25) is 0 Å². The van der Waals surface area contributed by atoms with Crippen LogP contribution in [-0.2, 0) is 23.7 Å². The lowest BCUT2D eigenvalue weighted by Gasteiger charge is -2.41. The Kier molecular flexibility index (Phi) is 8.60. The number of carbonyl (C=O) groups excluding carboxylic acids is 3. The number of halogens is 1. The largest absolute Gasteiger partial charge is 0.459 e. The number of carbonyl (C=O) groups is 3. The minimum Gasteiger partial charge on any atom is -0.459 e. The number of ether oxygens (including phenoxy) is 5. The SMILES string of the molecule is CO[C@H]1OC(COC(=O)c2ccccc2)[C@@H](F)[C@H](OC(=O)c2ccccc2)[C@H]1OC(=O)c1ccccc1. The van der Waals surface area contributed by atoms with Crippen LogP contribution in [0.4, 0.5) is 4.39 Å². The summed E-state index contributed by atoms with van der Waals surface area (Å²) in [6.45, 7) is -0.493. The number of hydrogen-bond acceptors (Lipinski definition) is 8. The van der Waals surface area contributed by atoms with E-state index in [-0.39, 0.29) is 16.7 Å². The minimum atomic E-state index is -2.02. The molecule has 1 saturated heterocycles. The molecule has 9 heteroatoms. The second-order valence-electron chi connectivity index (χ2n) is 8.16. The van der Waals surface area contributed by atoms with E-state index in [0.717, 1.165) is 0 Å². The molecule has 1 unspecified atom stereocenters. The van der Waals surface area contributed by atoms with Crippen molar-refractivity contribution in [2.24, 2.45) is 0 Å². The van der Waals surface area contributed by atoms with Gasteiger partial charge in [0.15, 0.2) is 24.7 Å². The summed E-state index contributed by atoms with van der Waals surface area (Å²) in [6, 6.07) is 24.2. The smallest absolute Gasteiger partial charge is 0.338 e. The van der Waals surface area contributed by atoms with E-state index in [9.17, 15) is 14.4 Å². The highest BCUT2D eigenvalue weighted by Crippen LogP contribution is 2.30. The molecule has 0 aliphatic carbocycles. The Morgan fingerprint density at radius 1 is 0.703 bits per heavy atom. The minimum absolute atomic E-state index is 0.176. The zero-order valence-corrected chi connectivity index (χ0v) is 19.9. The van der Waals surface area contributed by atoms with Gasteiger partial charge in [0.1, 0.15) is 12.7 Å². The molecule has 37 heavy (non-hydrogen) atoms. The molecule has 8 nitrogen and oxygen atoms in total. The fraction of sp³-hybridized carbons (Fsp3) is 0.250. The molecule has 0 radical (unpaired) electrons. The molecule has 0 saturated carbocycles. The maximum Gasteiger partial charge on any atom is 0.338 e. The van der Waals surface area contributed by atoms with Gasteiger partial charge in [-0.25, -0.2) is 18.8 Å². The van der Waals surface area contributed by atoms with E-state index < -0.39 is 55.3 Å². The molecule has 0 spiro atoms. The summed E-state index contributed by atoms with van der Waals surface area (Å²) in [5, 5.41) is 0. The highest BCUT2D eigenvalue weighted by molar-refractivity contribution is 5.90. The molecule has 3 aromatic rings. The van der Waals surface area contributed by atoms with E-state index in [2.05, 4.69) is 0 Å².